The number of hydrogen-bond donors (Lipinski definition) is 0. The van der Waals surface area contributed by atoms with Gasteiger partial charge in [-0.1, -0.05) is 12.2 Å². The Morgan fingerprint density at radius 1 is 1.75 bits per heavy atom. The van der Waals surface area contributed by atoms with Crippen LogP contribution in [0, 0.1) is 0 Å². The van der Waals surface area contributed by atoms with Crippen molar-refractivity contribution < 1.29 is 13.9 Å². The Hall–Kier alpha value is -1.18. The first-order valence-corrected chi connectivity index (χ1v) is 3.70. The standard InChI is InChI=1S/C9H9FO2/c1-2-12-9-5-3-4-8(10)7(9)6-11/h3-5,9H,2H2,1H3. The first-order chi connectivity index (χ1) is 5.79. The van der Waals surface area contributed by atoms with E-state index in [1.54, 1.807) is 13.0 Å². The van der Waals surface area contributed by atoms with Crippen LogP contribution >= 0.6 is 0 Å². The Bertz CT molecular complexity index is 272. The Morgan fingerprint density at radius 2 is 2.50 bits per heavy atom. The lowest BCUT2D eigenvalue weighted by Crippen LogP contribution is -2.16. The van der Waals surface area contributed by atoms with Gasteiger partial charge in [-0.3, -0.25) is 0 Å². The molecule has 0 radical (unpaired) electrons. The van der Waals surface area contributed by atoms with Gasteiger partial charge in [-0.15, -0.1) is 0 Å². The van der Waals surface area contributed by atoms with Gasteiger partial charge in [-0.05, 0) is 13.0 Å². The van der Waals surface area contributed by atoms with Crippen LogP contribution in [0.25, 0.3) is 0 Å². The van der Waals surface area contributed by atoms with Crippen molar-refractivity contribution in [3.05, 3.63) is 29.6 Å². The Kier molecular flexibility index (Phi) is 2.97. The molecule has 0 N–H and O–H groups in total. The van der Waals surface area contributed by atoms with Crippen LogP contribution < -0.4 is 0 Å². The second kappa shape index (κ2) is 4.00. The van der Waals surface area contributed by atoms with E-state index in [9.17, 15) is 9.18 Å². The van der Waals surface area contributed by atoms with E-state index in [1.807, 2.05) is 0 Å². The highest BCUT2D eigenvalue weighted by Gasteiger charge is 2.19. The van der Waals surface area contributed by atoms with Crippen molar-refractivity contribution in [2.24, 2.45) is 0 Å². The summed E-state index contributed by atoms with van der Waals surface area (Å²) in [6.45, 7) is 2.22. The fourth-order valence-electron chi connectivity index (χ4n) is 0.988. The van der Waals surface area contributed by atoms with E-state index in [0.717, 1.165) is 0 Å². The molecule has 0 aromatic carbocycles. The van der Waals surface area contributed by atoms with Gasteiger partial charge in [0.2, 0.25) is 0 Å². The maximum absolute atomic E-state index is 12.9. The van der Waals surface area contributed by atoms with E-state index < -0.39 is 11.9 Å². The summed E-state index contributed by atoms with van der Waals surface area (Å²) in [5, 5.41) is 0. The van der Waals surface area contributed by atoms with Crippen LogP contribution in [-0.2, 0) is 9.53 Å². The molecule has 0 spiro atoms. The number of carbonyl (C=O) groups excluding carboxylic acids is 1. The van der Waals surface area contributed by atoms with E-state index in [0.29, 0.717) is 6.61 Å². The summed E-state index contributed by atoms with van der Waals surface area (Å²) in [6, 6.07) is 0. The van der Waals surface area contributed by atoms with Crippen LogP contribution in [0.2, 0.25) is 0 Å². The van der Waals surface area contributed by atoms with Gasteiger partial charge in [0.05, 0.1) is 0 Å². The highest BCUT2D eigenvalue weighted by Crippen LogP contribution is 2.20. The molecule has 0 amide bonds. The summed E-state index contributed by atoms with van der Waals surface area (Å²) in [5.41, 5.74) is -0.0562. The van der Waals surface area contributed by atoms with Gasteiger partial charge in [-0.2, -0.15) is 0 Å². The zero-order valence-electron chi connectivity index (χ0n) is 6.71. The molecular weight excluding hydrogens is 159 g/mol. The Labute approximate surface area is 70.0 Å². The number of ether oxygens (including phenoxy) is 1. The summed E-state index contributed by atoms with van der Waals surface area (Å²) < 4.78 is 17.9. The molecule has 12 heavy (non-hydrogen) atoms. The predicted molar refractivity (Wildman–Crippen MR) is 43.0 cm³/mol. The molecule has 3 heteroatoms. The van der Waals surface area contributed by atoms with Crippen molar-refractivity contribution in [3.8, 4) is 0 Å². The maximum Gasteiger partial charge on any atom is 0.140 e. The van der Waals surface area contributed by atoms with E-state index in [4.69, 9.17) is 4.74 Å². The lowest BCUT2D eigenvalue weighted by Gasteiger charge is -2.14. The molecule has 1 rings (SSSR count). The van der Waals surface area contributed by atoms with Crippen molar-refractivity contribution in [3.63, 3.8) is 0 Å². The molecule has 2 nitrogen and oxygen atoms in total. The smallest absolute Gasteiger partial charge is 0.140 e. The van der Waals surface area contributed by atoms with Crippen molar-refractivity contribution >= 4 is 5.94 Å². The SMILES string of the molecule is CCOC1C=CC=C(F)C1=C=O. The summed E-state index contributed by atoms with van der Waals surface area (Å²) >= 11 is 0. The molecule has 0 fully saturated rings. The highest BCUT2D eigenvalue weighted by atomic mass is 19.1. The Morgan fingerprint density at radius 3 is 3.08 bits per heavy atom. The molecule has 0 saturated carbocycles. The molecule has 1 atom stereocenters. The monoisotopic (exact) mass is 168 g/mol. The van der Waals surface area contributed by atoms with Crippen molar-refractivity contribution in [2.75, 3.05) is 6.61 Å². The first kappa shape index (κ1) is 8.91. The van der Waals surface area contributed by atoms with Gasteiger partial charge in [0.1, 0.15) is 23.4 Å². The van der Waals surface area contributed by atoms with Gasteiger partial charge in [0.15, 0.2) is 0 Å². The lowest BCUT2D eigenvalue weighted by atomic mass is 10.1. The van der Waals surface area contributed by atoms with Crippen LogP contribution in [-0.4, -0.2) is 18.7 Å². The minimum atomic E-state index is -0.572. The summed E-state index contributed by atoms with van der Waals surface area (Å²) in [6.07, 6.45) is 3.79. The second-order valence-electron chi connectivity index (χ2n) is 2.29. The summed E-state index contributed by atoms with van der Waals surface area (Å²) in [5.74, 6) is 0.972. The zero-order valence-corrected chi connectivity index (χ0v) is 6.71. The molecule has 0 aromatic heterocycles. The highest BCUT2D eigenvalue weighted by molar-refractivity contribution is 5.63. The second-order valence-corrected chi connectivity index (χ2v) is 2.29. The largest absolute Gasteiger partial charge is 0.369 e. The minimum Gasteiger partial charge on any atom is -0.369 e. The van der Waals surface area contributed by atoms with Gasteiger partial charge in [0.25, 0.3) is 0 Å². The van der Waals surface area contributed by atoms with Crippen molar-refractivity contribution in [1.82, 2.24) is 0 Å². The quantitative estimate of drug-likeness (QED) is 0.585. The van der Waals surface area contributed by atoms with Crippen LogP contribution in [0.15, 0.2) is 29.6 Å². The van der Waals surface area contributed by atoms with E-state index in [-0.39, 0.29) is 5.57 Å². The summed E-state index contributed by atoms with van der Waals surface area (Å²) in [4.78, 5) is 10.3. The average molecular weight is 168 g/mol. The van der Waals surface area contributed by atoms with Crippen molar-refractivity contribution in [2.45, 2.75) is 13.0 Å². The fourth-order valence-corrected chi connectivity index (χ4v) is 0.988. The van der Waals surface area contributed by atoms with E-state index in [2.05, 4.69) is 0 Å². The van der Waals surface area contributed by atoms with E-state index >= 15 is 0 Å². The maximum atomic E-state index is 12.9. The van der Waals surface area contributed by atoms with E-state index in [1.165, 1.54) is 18.1 Å². The normalized spacial score (nSPS) is 22.0. The molecule has 0 saturated heterocycles. The van der Waals surface area contributed by atoms with Crippen LogP contribution in [0.3, 0.4) is 0 Å². The summed E-state index contributed by atoms with van der Waals surface area (Å²) in [7, 11) is 0. The van der Waals surface area contributed by atoms with Crippen LogP contribution in [0.5, 0.6) is 0 Å². The molecule has 1 aliphatic rings. The first-order valence-electron chi connectivity index (χ1n) is 3.70. The zero-order chi connectivity index (χ0) is 8.97. The number of allylic oxidation sites excluding steroid dienone is 2. The third kappa shape index (κ3) is 1.70. The molecule has 1 aliphatic carbocycles. The van der Waals surface area contributed by atoms with Gasteiger partial charge >= 0.3 is 0 Å². The van der Waals surface area contributed by atoms with Crippen LogP contribution in [0.4, 0.5) is 4.39 Å². The van der Waals surface area contributed by atoms with Crippen molar-refractivity contribution in [1.29, 1.82) is 0 Å². The molecule has 64 valence electrons. The molecule has 0 heterocycles. The van der Waals surface area contributed by atoms with Gasteiger partial charge < -0.3 is 4.74 Å². The average Bonchev–Trinajstić information content (AvgIpc) is 2.05. The molecular formula is C9H9FO2. The Balaban J connectivity index is 2.85. The molecule has 0 aliphatic heterocycles. The number of halogens is 1. The fraction of sp³-hybridized carbons (Fsp3) is 0.333. The third-order valence-electron chi connectivity index (χ3n) is 1.53. The lowest BCUT2D eigenvalue weighted by molar-refractivity contribution is 0.120. The minimum absolute atomic E-state index is 0.0562. The van der Waals surface area contributed by atoms with Gasteiger partial charge in [0, 0.05) is 6.61 Å². The third-order valence-corrected chi connectivity index (χ3v) is 1.53. The van der Waals surface area contributed by atoms with Gasteiger partial charge in [-0.25, -0.2) is 9.18 Å². The topological polar surface area (TPSA) is 26.3 Å². The van der Waals surface area contributed by atoms with Crippen LogP contribution in [0.1, 0.15) is 6.92 Å². The number of hydrogen-bond acceptors (Lipinski definition) is 2. The number of rotatable bonds is 2. The molecule has 1 unspecified atom stereocenters. The molecule has 0 bridgehead atoms. The predicted octanol–water partition coefficient (Wildman–Crippen LogP) is 1.57. The molecule has 0 aromatic rings.